The van der Waals surface area contributed by atoms with Crippen molar-refractivity contribution in [3.8, 4) is 0 Å². The number of hydrogen-bond donors (Lipinski definition) is 2. The molecule has 0 saturated heterocycles. The summed E-state index contributed by atoms with van der Waals surface area (Å²) in [5, 5.41) is 2.93. The Morgan fingerprint density at radius 2 is 1.83 bits per heavy atom. The summed E-state index contributed by atoms with van der Waals surface area (Å²) in [5.41, 5.74) is 8.81. The summed E-state index contributed by atoms with van der Waals surface area (Å²) >= 11 is 3.44. The monoisotopic (exact) mass is 312 g/mol. The number of aryl methyl sites for hydroxylation is 2. The highest BCUT2D eigenvalue weighted by molar-refractivity contribution is 9.10. The molecule has 0 aliphatic heterocycles. The molecule has 0 spiro atoms. The van der Waals surface area contributed by atoms with E-state index in [0.29, 0.717) is 12.3 Å². The fourth-order valence-corrected chi connectivity index (χ4v) is 2.63. The van der Waals surface area contributed by atoms with Gasteiger partial charge in [0.25, 0.3) is 0 Å². The first-order valence-corrected chi connectivity index (χ1v) is 6.93. The summed E-state index contributed by atoms with van der Waals surface area (Å²) in [5.74, 6) is 0.301. The van der Waals surface area contributed by atoms with Crippen molar-refractivity contribution < 1.29 is 4.79 Å². The zero-order chi connectivity index (χ0) is 13.9. The van der Waals surface area contributed by atoms with E-state index in [1.807, 2.05) is 26.0 Å². The molecular formula is C14H21BrN2O. The number of benzene rings is 1. The smallest absolute Gasteiger partial charge is 0.241 e. The number of halogens is 1. The molecule has 0 unspecified atom stereocenters. The Kier molecular flexibility index (Phi) is 5.35. The fourth-order valence-electron chi connectivity index (χ4n) is 1.94. The van der Waals surface area contributed by atoms with Crippen LogP contribution < -0.4 is 11.1 Å². The highest BCUT2D eigenvalue weighted by Gasteiger charge is 2.16. The predicted octanol–water partition coefficient (Wildman–Crippen LogP) is 3.38. The van der Waals surface area contributed by atoms with Gasteiger partial charge >= 0.3 is 0 Å². The minimum Gasteiger partial charge on any atom is -0.324 e. The van der Waals surface area contributed by atoms with Crippen molar-refractivity contribution in [2.45, 2.75) is 40.2 Å². The molecule has 3 N–H and O–H groups in total. The number of rotatable bonds is 4. The molecule has 0 heterocycles. The molecule has 0 fully saturated rings. The molecule has 1 aromatic rings. The highest BCUT2D eigenvalue weighted by Crippen LogP contribution is 2.25. The molecule has 0 aromatic heterocycles. The van der Waals surface area contributed by atoms with Crippen molar-refractivity contribution in [2.24, 2.45) is 11.7 Å². The zero-order valence-corrected chi connectivity index (χ0v) is 13.0. The lowest BCUT2D eigenvalue weighted by Gasteiger charge is -2.17. The van der Waals surface area contributed by atoms with Gasteiger partial charge in [0, 0.05) is 10.2 Å². The van der Waals surface area contributed by atoms with Crippen LogP contribution in [0.15, 0.2) is 16.6 Å². The summed E-state index contributed by atoms with van der Waals surface area (Å²) in [6.45, 7) is 8.06. The van der Waals surface area contributed by atoms with Crippen molar-refractivity contribution in [3.05, 3.63) is 27.7 Å². The molecule has 1 rings (SSSR count). The summed E-state index contributed by atoms with van der Waals surface area (Å²) in [6, 6.07) is 3.51. The maximum absolute atomic E-state index is 12.0. The molecule has 1 aromatic carbocycles. The van der Waals surface area contributed by atoms with Gasteiger partial charge in [0.1, 0.15) is 0 Å². The van der Waals surface area contributed by atoms with Crippen LogP contribution >= 0.6 is 15.9 Å². The Morgan fingerprint density at radius 3 is 2.28 bits per heavy atom. The second-order valence-corrected chi connectivity index (χ2v) is 6.06. The lowest BCUT2D eigenvalue weighted by atomic mass is 10.0. The maximum Gasteiger partial charge on any atom is 0.241 e. The minimum atomic E-state index is -0.451. The van der Waals surface area contributed by atoms with Crippen LogP contribution in [0.1, 0.15) is 31.4 Å². The van der Waals surface area contributed by atoms with Crippen LogP contribution in [-0.4, -0.2) is 11.9 Å². The first-order chi connectivity index (χ1) is 8.31. The van der Waals surface area contributed by atoms with Crippen LogP contribution in [0.25, 0.3) is 0 Å². The molecule has 0 saturated carbocycles. The molecule has 0 aliphatic carbocycles. The zero-order valence-electron chi connectivity index (χ0n) is 11.4. The summed E-state index contributed by atoms with van der Waals surface area (Å²) in [4.78, 5) is 12.0. The first-order valence-electron chi connectivity index (χ1n) is 6.14. The largest absolute Gasteiger partial charge is 0.324 e. The van der Waals surface area contributed by atoms with Gasteiger partial charge in [-0.05, 0) is 49.4 Å². The normalized spacial score (nSPS) is 12.6. The van der Waals surface area contributed by atoms with Crippen molar-refractivity contribution >= 4 is 27.5 Å². The van der Waals surface area contributed by atoms with Gasteiger partial charge in [-0.1, -0.05) is 29.8 Å². The Balaban J connectivity index is 2.82. The van der Waals surface area contributed by atoms with E-state index in [-0.39, 0.29) is 5.91 Å². The second-order valence-electron chi connectivity index (χ2n) is 5.14. The van der Waals surface area contributed by atoms with E-state index in [2.05, 4.69) is 35.1 Å². The number of carbonyl (C=O) groups excluding carboxylic acids is 1. The van der Waals surface area contributed by atoms with E-state index in [4.69, 9.17) is 5.73 Å². The van der Waals surface area contributed by atoms with Crippen molar-refractivity contribution in [3.63, 3.8) is 0 Å². The van der Waals surface area contributed by atoms with Crippen molar-refractivity contribution in [1.29, 1.82) is 0 Å². The van der Waals surface area contributed by atoms with E-state index in [1.165, 1.54) is 0 Å². The molecule has 1 atom stereocenters. The lowest BCUT2D eigenvalue weighted by molar-refractivity contribution is -0.117. The number of nitrogens with one attached hydrogen (secondary N) is 1. The van der Waals surface area contributed by atoms with Gasteiger partial charge in [-0.15, -0.1) is 0 Å². The lowest BCUT2D eigenvalue weighted by Crippen LogP contribution is -2.37. The van der Waals surface area contributed by atoms with Gasteiger partial charge in [0.15, 0.2) is 0 Å². The average molecular weight is 313 g/mol. The summed E-state index contributed by atoms with van der Waals surface area (Å²) < 4.78 is 1.02. The molecule has 4 heteroatoms. The summed E-state index contributed by atoms with van der Waals surface area (Å²) in [7, 11) is 0. The van der Waals surface area contributed by atoms with Crippen LogP contribution in [0.5, 0.6) is 0 Å². The number of anilines is 1. The molecule has 18 heavy (non-hydrogen) atoms. The van der Waals surface area contributed by atoms with Crippen LogP contribution in [0.3, 0.4) is 0 Å². The number of amides is 1. The Labute approximate surface area is 117 Å². The van der Waals surface area contributed by atoms with E-state index in [9.17, 15) is 4.79 Å². The Hall–Kier alpha value is -0.870. The van der Waals surface area contributed by atoms with Gasteiger partial charge in [0.2, 0.25) is 5.91 Å². The Bertz CT molecular complexity index is 420. The van der Waals surface area contributed by atoms with E-state index in [1.54, 1.807) is 0 Å². The topological polar surface area (TPSA) is 55.1 Å². The van der Waals surface area contributed by atoms with Crippen LogP contribution in [0.4, 0.5) is 5.69 Å². The predicted molar refractivity (Wildman–Crippen MR) is 79.7 cm³/mol. The molecule has 0 radical (unpaired) electrons. The number of hydrogen-bond acceptors (Lipinski definition) is 2. The fraction of sp³-hybridized carbons (Fsp3) is 0.500. The standard InChI is InChI=1S/C14H21BrN2O/c1-8(2)5-12(16)14(18)17-13-9(3)6-11(15)7-10(13)4/h6-8,12H,5,16H2,1-4H3,(H,17,18)/t12-/m1/s1. The molecule has 0 aliphatic rings. The third kappa shape index (κ3) is 4.10. The highest BCUT2D eigenvalue weighted by atomic mass is 79.9. The van der Waals surface area contributed by atoms with Gasteiger partial charge in [-0.3, -0.25) is 4.79 Å². The van der Waals surface area contributed by atoms with Crippen LogP contribution in [0.2, 0.25) is 0 Å². The van der Waals surface area contributed by atoms with Gasteiger partial charge in [-0.25, -0.2) is 0 Å². The van der Waals surface area contributed by atoms with Gasteiger partial charge in [-0.2, -0.15) is 0 Å². The van der Waals surface area contributed by atoms with Crippen molar-refractivity contribution in [1.82, 2.24) is 0 Å². The van der Waals surface area contributed by atoms with E-state index < -0.39 is 6.04 Å². The Morgan fingerprint density at radius 1 is 1.33 bits per heavy atom. The molecule has 0 bridgehead atoms. The molecular weight excluding hydrogens is 292 g/mol. The maximum atomic E-state index is 12.0. The third-order valence-electron chi connectivity index (χ3n) is 2.81. The molecule has 100 valence electrons. The van der Waals surface area contributed by atoms with Crippen LogP contribution in [-0.2, 0) is 4.79 Å². The van der Waals surface area contributed by atoms with Gasteiger partial charge < -0.3 is 11.1 Å². The first kappa shape index (κ1) is 15.2. The number of carbonyl (C=O) groups is 1. The number of nitrogens with two attached hydrogens (primary N) is 1. The summed E-state index contributed by atoms with van der Waals surface area (Å²) in [6.07, 6.45) is 0.695. The van der Waals surface area contributed by atoms with E-state index in [0.717, 1.165) is 21.3 Å². The third-order valence-corrected chi connectivity index (χ3v) is 3.27. The van der Waals surface area contributed by atoms with E-state index >= 15 is 0 Å². The average Bonchev–Trinajstić information content (AvgIpc) is 2.21. The second kappa shape index (κ2) is 6.34. The molecule has 1 amide bonds. The minimum absolute atomic E-state index is 0.114. The molecule has 3 nitrogen and oxygen atoms in total. The van der Waals surface area contributed by atoms with Crippen LogP contribution in [0, 0.1) is 19.8 Å². The quantitative estimate of drug-likeness (QED) is 0.895. The SMILES string of the molecule is Cc1cc(Br)cc(C)c1NC(=O)[C@H](N)CC(C)C. The van der Waals surface area contributed by atoms with Gasteiger partial charge in [0.05, 0.1) is 6.04 Å². The van der Waals surface area contributed by atoms with Crippen molar-refractivity contribution in [2.75, 3.05) is 5.32 Å².